The van der Waals surface area contributed by atoms with Crippen LogP contribution >= 0.6 is 0 Å². The SMILES string of the molecule is O=C(O)CC1=CC2C=CC=CC2O1. The summed E-state index contributed by atoms with van der Waals surface area (Å²) < 4.78 is 5.42. The van der Waals surface area contributed by atoms with Crippen molar-refractivity contribution in [3.63, 3.8) is 0 Å². The van der Waals surface area contributed by atoms with E-state index in [9.17, 15) is 4.79 Å². The predicted molar refractivity (Wildman–Crippen MR) is 47.0 cm³/mol. The highest BCUT2D eigenvalue weighted by Gasteiger charge is 2.26. The Morgan fingerprint density at radius 3 is 2.92 bits per heavy atom. The van der Waals surface area contributed by atoms with Crippen LogP contribution in [0.3, 0.4) is 0 Å². The highest BCUT2D eigenvalue weighted by Crippen LogP contribution is 2.29. The summed E-state index contributed by atoms with van der Waals surface area (Å²) in [6.07, 6.45) is 9.69. The number of allylic oxidation sites excluding steroid dienone is 2. The van der Waals surface area contributed by atoms with Gasteiger partial charge in [-0.1, -0.05) is 18.2 Å². The van der Waals surface area contributed by atoms with E-state index in [1.54, 1.807) is 0 Å². The first-order valence-electron chi connectivity index (χ1n) is 4.20. The Morgan fingerprint density at radius 2 is 2.23 bits per heavy atom. The summed E-state index contributed by atoms with van der Waals surface area (Å²) in [6, 6.07) is 0. The first kappa shape index (κ1) is 8.10. The van der Waals surface area contributed by atoms with Crippen LogP contribution in [0.4, 0.5) is 0 Å². The molecule has 0 radical (unpaired) electrons. The number of hydrogen-bond donors (Lipinski definition) is 1. The Hall–Kier alpha value is -1.51. The van der Waals surface area contributed by atoms with Crippen molar-refractivity contribution in [2.24, 2.45) is 5.92 Å². The third kappa shape index (κ3) is 1.64. The minimum atomic E-state index is -0.849. The molecule has 0 fully saturated rings. The van der Waals surface area contributed by atoms with E-state index in [0.717, 1.165) is 0 Å². The van der Waals surface area contributed by atoms with E-state index in [0.29, 0.717) is 5.76 Å². The van der Waals surface area contributed by atoms with Crippen molar-refractivity contribution in [2.75, 3.05) is 0 Å². The van der Waals surface area contributed by atoms with E-state index < -0.39 is 5.97 Å². The molecule has 1 aliphatic heterocycles. The average Bonchev–Trinajstić information content (AvgIpc) is 2.44. The maximum atomic E-state index is 10.4. The summed E-state index contributed by atoms with van der Waals surface area (Å²) in [7, 11) is 0. The number of hydrogen-bond acceptors (Lipinski definition) is 2. The predicted octanol–water partition coefficient (Wildman–Crippen LogP) is 1.49. The van der Waals surface area contributed by atoms with Crippen LogP contribution in [0.15, 0.2) is 36.1 Å². The van der Waals surface area contributed by atoms with Gasteiger partial charge in [-0.05, 0) is 12.2 Å². The molecule has 0 saturated carbocycles. The lowest BCUT2D eigenvalue weighted by Gasteiger charge is -2.14. The molecule has 0 aromatic heterocycles. The van der Waals surface area contributed by atoms with E-state index in [2.05, 4.69) is 0 Å². The van der Waals surface area contributed by atoms with Crippen LogP contribution < -0.4 is 0 Å². The molecule has 0 aromatic carbocycles. The molecule has 0 spiro atoms. The number of carboxylic acid groups (broad SMARTS) is 1. The van der Waals surface area contributed by atoms with Crippen molar-refractivity contribution in [1.82, 2.24) is 0 Å². The van der Waals surface area contributed by atoms with Crippen molar-refractivity contribution in [2.45, 2.75) is 12.5 Å². The van der Waals surface area contributed by atoms with Crippen molar-refractivity contribution in [1.29, 1.82) is 0 Å². The minimum absolute atomic E-state index is 0.0133. The summed E-state index contributed by atoms with van der Waals surface area (Å²) in [5.41, 5.74) is 0. The van der Waals surface area contributed by atoms with Gasteiger partial charge in [0.2, 0.25) is 0 Å². The quantitative estimate of drug-likeness (QED) is 0.696. The molecule has 0 saturated heterocycles. The number of carboxylic acids is 1. The molecule has 2 rings (SSSR count). The van der Waals surface area contributed by atoms with Crippen molar-refractivity contribution in [3.05, 3.63) is 36.1 Å². The van der Waals surface area contributed by atoms with Crippen LogP contribution in [0.2, 0.25) is 0 Å². The first-order valence-corrected chi connectivity index (χ1v) is 4.20. The Balaban J connectivity index is 2.07. The number of fused-ring (bicyclic) bond motifs is 1. The number of carbonyl (C=O) groups is 1. The summed E-state index contributed by atoms with van der Waals surface area (Å²) in [6.45, 7) is 0. The first-order chi connectivity index (χ1) is 6.25. The fourth-order valence-corrected chi connectivity index (χ4v) is 1.55. The van der Waals surface area contributed by atoms with Crippen LogP contribution in [0.25, 0.3) is 0 Å². The Morgan fingerprint density at radius 1 is 1.46 bits per heavy atom. The zero-order valence-corrected chi connectivity index (χ0v) is 7.01. The van der Waals surface area contributed by atoms with E-state index in [-0.39, 0.29) is 18.4 Å². The highest BCUT2D eigenvalue weighted by atomic mass is 16.5. The monoisotopic (exact) mass is 178 g/mol. The second-order valence-electron chi connectivity index (χ2n) is 3.13. The lowest BCUT2D eigenvalue weighted by molar-refractivity contribution is -0.136. The molecule has 0 bridgehead atoms. The van der Waals surface area contributed by atoms with Crippen molar-refractivity contribution in [3.8, 4) is 0 Å². The number of aliphatic carboxylic acids is 1. The fraction of sp³-hybridized carbons (Fsp3) is 0.300. The molecule has 0 amide bonds. The van der Waals surface area contributed by atoms with Gasteiger partial charge >= 0.3 is 5.97 Å². The van der Waals surface area contributed by atoms with E-state index in [1.165, 1.54) is 0 Å². The highest BCUT2D eigenvalue weighted by molar-refractivity contribution is 5.69. The van der Waals surface area contributed by atoms with Gasteiger partial charge in [0.25, 0.3) is 0 Å². The van der Waals surface area contributed by atoms with Crippen LogP contribution in [0, 0.1) is 5.92 Å². The molecule has 3 heteroatoms. The molecule has 2 aliphatic rings. The summed E-state index contributed by atoms with van der Waals surface area (Å²) in [4.78, 5) is 10.4. The van der Waals surface area contributed by atoms with Gasteiger partial charge in [-0.3, -0.25) is 4.79 Å². The molecule has 1 N–H and O–H groups in total. The molecule has 1 heterocycles. The van der Waals surface area contributed by atoms with Gasteiger partial charge in [-0.25, -0.2) is 0 Å². The van der Waals surface area contributed by atoms with Crippen molar-refractivity contribution < 1.29 is 14.6 Å². The van der Waals surface area contributed by atoms with Crippen molar-refractivity contribution >= 4 is 5.97 Å². The molecule has 68 valence electrons. The van der Waals surface area contributed by atoms with E-state index >= 15 is 0 Å². The lowest BCUT2D eigenvalue weighted by Crippen LogP contribution is -2.13. The lowest BCUT2D eigenvalue weighted by atomic mass is 9.99. The maximum absolute atomic E-state index is 10.4. The summed E-state index contributed by atoms with van der Waals surface area (Å²) in [5, 5.41) is 8.55. The van der Waals surface area contributed by atoms with Crippen LogP contribution in [0.5, 0.6) is 0 Å². The molecular formula is C10H10O3. The van der Waals surface area contributed by atoms with E-state index in [1.807, 2.05) is 30.4 Å². The zero-order valence-electron chi connectivity index (χ0n) is 7.01. The Kier molecular flexibility index (Phi) is 1.93. The maximum Gasteiger partial charge on any atom is 0.311 e. The van der Waals surface area contributed by atoms with Gasteiger partial charge in [0.15, 0.2) is 0 Å². The van der Waals surface area contributed by atoms with Gasteiger partial charge in [0, 0.05) is 5.92 Å². The second kappa shape index (κ2) is 3.09. The Labute approximate surface area is 76.0 Å². The standard InChI is InChI=1S/C10H10O3/c11-10(12)6-8-5-7-3-1-2-4-9(7)13-8/h1-5,7,9H,6H2,(H,11,12). The smallest absolute Gasteiger partial charge is 0.311 e. The molecular weight excluding hydrogens is 168 g/mol. The van der Waals surface area contributed by atoms with Crippen LogP contribution in [0.1, 0.15) is 6.42 Å². The second-order valence-corrected chi connectivity index (χ2v) is 3.13. The zero-order chi connectivity index (χ0) is 9.26. The molecule has 2 atom stereocenters. The van der Waals surface area contributed by atoms with Gasteiger partial charge in [0.1, 0.15) is 18.3 Å². The number of ether oxygens (including phenoxy) is 1. The third-order valence-corrected chi connectivity index (χ3v) is 2.12. The largest absolute Gasteiger partial charge is 0.489 e. The number of rotatable bonds is 2. The van der Waals surface area contributed by atoms with Crippen LogP contribution in [-0.2, 0) is 9.53 Å². The topological polar surface area (TPSA) is 46.5 Å². The average molecular weight is 178 g/mol. The molecule has 0 aromatic rings. The van der Waals surface area contributed by atoms with Gasteiger partial charge < -0.3 is 9.84 Å². The summed E-state index contributed by atoms with van der Waals surface area (Å²) >= 11 is 0. The minimum Gasteiger partial charge on any atom is -0.489 e. The van der Waals surface area contributed by atoms with Gasteiger partial charge in [-0.2, -0.15) is 0 Å². The normalized spacial score (nSPS) is 29.4. The van der Waals surface area contributed by atoms with E-state index in [4.69, 9.17) is 9.84 Å². The summed E-state index contributed by atoms with van der Waals surface area (Å²) in [5.74, 6) is -0.0593. The fourth-order valence-electron chi connectivity index (χ4n) is 1.55. The van der Waals surface area contributed by atoms with Crippen LogP contribution in [-0.4, -0.2) is 17.2 Å². The van der Waals surface area contributed by atoms with Gasteiger partial charge in [-0.15, -0.1) is 0 Å². The molecule has 3 nitrogen and oxygen atoms in total. The molecule has 2 unspecified atom stereocenters. The Bertz CT molecular complexity index is 312. The molecule has 1 aliphatic carbocycles. The third-order valence-electron chi connectivity index (χ3n) is 2.12. The van der Waals surface area contributed by atoms with Gasteiger partial charge in [0.05, 0.1) is 0 Å². The molecule has 13 heavy (non-hydrogen) atoms.